The SMILES string of the molecule is CN(CC(=O)Nc1ccccc1)C(=O)c1cc(F)c(Cl)cc1Cl. The molecule has 0 atom stereocenters. The molecule has 0 aliphatic carbocycles. The highest BCUT2D eigenvalue weighted by atomic mass is 35.5. The minimum Gasteiger partial charge on any atom is -0.332 e. The first kappa shape index (κ1) is 17.2. The van der Waals surface area contributed by atoms with Gasteiger partial charge < -0.3 is 10.2 Å². The number of likely N-dealkylation sites (N-methyl/N-ethyl adjacent to an activating group) is 1. The molecule has 2 rings (SSSR count). The largest absolute Gasteiger partial charge is 0.332 e. The lowest BCUT2D eigenvalue weighted by molar-refractivity contribution is -0.116. The van der Waals surface area contributed by atoms with Gasteiger partial charge in [-0.25, -0.2) is 4.39 Å². The lowest BCUT2D eigenvalue weighted by Gasteiger charge is -2.17. The summed E-state index contributed by atoms with van der Waals surface area (Å²) in [6.45, 7) is -0.200. The number of hydrogen-bond acceptors (Lipinski definition) is 2. The van der Waals surface area contributed by atoms with Crippen LogP contribution in [0.25, 0.3) is 0 Å². The van der Waals surface area contributed by atoms with Gasteiger partial charge in [0, 0.05) is 12.7 Å². The number of hydrogen-bond donors (Lipinski definition) is 1. The van der Waals surface area contributed by atoms with Crippen LogP contribution in [0.15, 0.2) is 42.5 Å². The van der Waals surface area contributed by atoms with Gasteiger partial charge >= 0.3 is 0 Å². The third-order valence-electron chi connectivity index (χ3n) is 3.03. The minimum atomic E-state index is -0.749. The number of carbonyl (C=O) groups excluding carboxylic acids is 2. The molecule has 0 aromatic heterocycles. The molecule has 120 valence electrons. The van der Waals surface area contributed by atoms with Gasteiger partial charge in [0.2, 0.25) is 5.91 Å². The molecule has 0 saturated heterocycles. The van der Waals surface area contributed by atoms with Gasteiger partial charge in [0.25, 0.3) is 5.91 Å². The zero-order valence-corrected chi connectivity index (χ0v) is 13.7. The Hall–Kier alpha value is -2.11. The highest BCUT2D eigenvalue weighted by Gasteiger charge is 2.19. The standard InChI is InChI=1S/C16H13Cl2FN2O2/c1-21(9-15(22)20-10-5-3-2-4-6-10)16(23)11-7-14(19)13(18)8-12(11)17/h2-8H,9H2,1H3,(H,20,22). The molecule has 0 bridgehead atoms. The molecule has 0 aliphatic heterocycles. The summed E-state index contributed by atoms with van der Waals surface area (Å²) in [4.78, 5) is 25.3. The Kier molecular flexibility index (Phi) is 5.58. The van der Waals surface area contributed by atoms with Gasteiger partial charge in [0.1, 0.15) is 5.82 Å². The van der Waals surface area contributed by atoms with E-state index in [0.717, 1.165) is 17.0 Å². The van der Waals surface area contributed by atoms with Gasteiger partial charge in [-0.2, -0.15) is 0 Å². The second-order valence-corrected chi connectivity index (χ2v) is 5.64. The van der Waals surface area contributed by atoms with Crippen molar-refractivity contribution >= 4 is 40.7 Å². The van der Waals surface area contributed by atoms with E-state index in [4.69, 9.17) is 23.2 Å². The first-order valence-electron chi connectivity index (χ1n) is 6.63. The molecule has 0 spiro atoms. The smallest absolute Gasteiger partial charge is 0.255 e. The van der Waals surface area contributed by atoms with Crippen molar-refractivity contribution in [2.75, 3.05) is 18.9 Å². The number of carbonyl (C=O) groups is 2. The number of rotatable bonds is 4. The highest BCUT2D eigenvalue weighted by Crippen LogP contribution is 2.25. The van der Waals surface area contributed by atoms with Gasteiger partial charge in [0.15, 0.2) is 0 Å². The van der Waals surface area contributed by atoms with Crippen LogP contribution in [0.1, 0.15) is 10.4 Å². The third-order valence-corrected chi connectivity index (χ3v) is 3.63. The van der Waals surface area contributed by atoms with Gasteiger partial charge in [-0.15, -0.1) is 0 Å². The topological polar surface area (TPSA) is 49.4 Å². The summed E-state index contributed by atoms with van der Waals surface area (Å²) >= 11 is 11.5. The van der Waals surface area contributed by atoms with Crippen LogP contribution in [0.4, 0.5) is 10.1 Å². The maximum absolute atomic E-state index is 13.5. The number of benzene rings is 2. The van der Waals surface area contributed by atoms with Crippen LogP contribution in [-0.4, -0.2) is 30.3 Å². The van der Waals surface area contributed by atoms with Crippen molar-refractivity contribution in [3.05, 3.63) is 63.9 Å². The fourth-order valence-electron chi connectivity index (χ4n) is 1.90. The predicted octanol–water partition coefficient (Wildman–Crippen LogP) is 3.84. The van der Waals surface area contributed by atoms with E-state index < -0.39 is 11.7 Å². The van der Waals surface area contributed by atoms with Gasteiger partial charge in [-0.1, -0.05) is 41.4 Å². The molecule has 0 heterocycles. The van der Waals surface area contributed by atoms with E-state index in [-0.39, 0.29) is 28.1 Å². The number of para-hydroxylation sites is 1. The quantitative estimate of drug-likeness (QED) is 0.848. The lowest BCUT2D eigenvalue weighted by atomic mass is 10.2. The molecular formula is C16H13Cl2FN2O2. The number of nitrogens with zero attached hydrogens (tertiary/aromatic N) is 1. The van der Waals surface area contributed by atoms with E-state index in [9.17, 15) is 14.0 Å². The normalized spacial score (nSPS) is 10.3. The highest BCUT2D eigenvalue weighted by molar-refractivity contribution is 6.36. The molecule has 2 amide bonds. The molecular weight excluding hydrogens is 342 g/mol. The predicted molar refractivity (Wildman–Crippen MR) is 88.5 cm³/mol. The molecule has 0 aliphatic rings. The van der Waals surface area contributed by atoms with Crippen LogP contribution in [0, 0.1) is 5.82 Å². The van der Waals surface area contributed by atoms with Crippen molar-refractivity contribution in [3.63, 3.8) is 0 Å². The Labute approximate surface area is 142 Å². The Balaban J connectivity index is 2.05. The molecule has 0 radical (unpaired) electrons. The summed E-state index contributed by atoms with van der Waals surface area (Å²) in [5.41, 5.74) is 0.567. The zero-order chi connectivity index (χ0) is 17.0. The van der Waals surface area contributed by atoms with Gasteiger partial charge in [-0.05, 0) is 24.3 Å². The summed E-state index contributed by atoms with van der Waals surface area (Å²) in [5, 5.41) is 2.51. The van der Waals surface area contributed by atoms with E-state index in [1.807, 2.05) is 6.07 Å². The Morgan fingerprint density at radius 3 is 2.43 bits per heavy atom. The molecule has 23 heavy (non-hydrogen) atoms. The lowest BCUT2D eigenvalue weighted by Crippen LogP contribution is -2.35. The Bertz CT molecular complexity index is 738. The second-order valence-electron chi connectivity index (χ2n) is 4.82. The summed E-state index contributed by atoms with van der Waals surface area (Å²) in [6, 6.07) is 10.9. The minimum absolute atomic E-state index is 0.0247. The van der Waals surface area contributed by atoms with Gasteiger partial charge in [0.05, 0.1) is 22.2 Å². The third kappa shape index (κ3) is 4.43. The maximum atomic E-state index is 13.5. The number of amides is 2. The molecule has 0 fully saturated rings. The Morgan fingerprint density at radius 1 is 1.13 bits per heavy atom. The van der Waals surface area contributed by atoms with Crippen molar-refractivity contribution in [2.24, 2.45) is 0 Å². The molecule has 0 unspecified atom stereocenters. The molecule has 2 aromatic rings. The maximum Gasteiger partial charge on any atom is 0.255 e. The fraction of sp³-hybridized carbons (Fsp3) is 0.125. The average Bonchev–Trinajstić information content (AvgIpc) is 2.51. The number of anilines is 1. The summed E-state index contributed by atoms with van der Waals surface area (Å²) in [5.74, 6) is -1.70. The van der Waals surface area contributed by atoms with E-state index in [1.165, 1.54) is 7.05 Å². The van der Waals surface area contributed by atoms with Crippen LogP contribution in [0.2, 0.25) is 10.0 Å². The molecule has 1 N–H and O–H groups in total. The van der Waals surface area contributed by atoms with Crippen LogP contribution >= 0.6 is 23.2 Å². The van der Waals surface area contributed by atoms with Crippen molar-refractivity contribution in [2.45, 2.75) is 0 Å². The number of halogens is 3. The molecule has 4 nitrogen and oxygen atoms in total. The zero-order valence-electron chi connectivity index (χ0n) is 12.1. The number of nitrogens with one attached hydrogen (secondary N) is 1. The second kappa shape index (κ2) is 7.44. The van der Waals surface area contributed by atoms with Crippen molar-refractivity contribution in [1.82, 2.24) is 4.90 Å². The van der Waals surface area contributed by atoms with E-state index in [1.54, 1.807) is 24.3 Å². The van der Waals surface area contributed by atoms with E-state index in [0.29, 0.717) is 5.69 Å². The van der Waals surface area contributed by atoms with Crippen molar-refractivity contribution in [1.29, 1.82) is 0 Å². The van der Waals surface area contributed by atoms with Crippen LogP contribution in [0.5, 0.6) is 0 Å². The summed E-state index contributed by atoms with van der Waals surface area (Å²) < 4.78 is 13.5. The van der Waals surface area contributed by atoms with Crippen LogP contribution in [-0.2, 0) is 4.79 Å². The Morgan fingerprint density at radius 2 is 1.78 bits per heavy atom. The first-order chi connectivity index (χ1) is 10.9. The molecule has 0 saturated carbocycles. The molecule has 2 aromatic carbocycles. The summed E-state index contributed by atoms with van der Waals surface area (Å²) in [6.07, 6.45) is 0. The van der Waals surface area contributed by atoms with E-state index >= 15 is 0 Å². The fourth-order valence-corrected chi connectivity index (χ4v) is 2.37. The summed E-state index contributed by atoms with van der Waals surface area (Å²) in [7, 11) is 1.43. The van der Waals surface area contributed by atoms with Crippen molar-refractivity contribution < 1.29 is 14.0 Å². The van der Waals surface area contributed by atoms with Crippen molar-refractivity contribution in [3.8, 4) is 0 Å². The van der Waals surface area contributed by atoms with E-state index in [2.05, 4.69) is 5.32 Å². The monoisotopic (exact) mass is 354 g/mol. The molecule has 7 heteroatoms. The van der Waals surface area contributed by atoms with Gasteiger partial charge in [-0.3, -0.25) is 9.59 Å². The van der Waals surface area contributed by atoms with Crippen LogP contribution < -0.4 is 5.32 Å². The van der Waals surface area contributed by atoms with Crippen LogP contribution in [0.3, 0.4) is 0 Å². The first-order valence-corrected chi connectivity index (χ1v) is 7.39. The average molecular weight is 355 g/mol.